The van der Waals surface area contributed by atoms with Gasteiger partial charge in [0.05, 0.1) is 12.7 Å². The summed E-state index contributed by atoms with van der Waals surface area (Å²) in [5, 5.41) is 0. The Bertz CT molecular complexity index is 514. The summed E-state index contributed by atoms with van der Waals surface area (Å²) in [6, 6.07) is 7.53. The number of rotatable bonds is 6. The molecule has 1 heterocycles. The second-order valence-electron chi connectivity index (χ2n) is 7.39. The Hall–Kier alpha value is -0.900. The quantitative estimate of drug-likeness (QED) is 0.803. The van der Waals surface area contributed by atoms with Gasteiger partial charge in [-0.1, -0.05) is 18.2 Å². The Morgan fingerprint density at radius 1 is 1.18 bits per heavy atom. The molecule has 1 aromatic rings. The van der Waals surface area contributed by atoms with Crippen LogP contribution in [0.25, 0.3) is 0 Å². The molecule has 1 aromatic carbocycles. The van der Waals surface area contributed by atoms with Crippen molar-refractivity contribution < 1.29 is 4.74 Å². The van der Waals surface area contributed by atoms with Crippen molar-refractivity contribution in [1.82, 2.24) is 9.80 Å². The van der Waals surface area contributed by atoms with Gasteiger partial charge in [-0.05, 0) is 63.4 Å². The number of nitrogens with zero attached hydrogens (tertiary/aromatic N) is 2. The number of hydrogen-bond acceptors (Lipinski definition) is 3. The van der Waals surface area contributed by atoms with Crippen LogP contribution >= 0.6 is 0 Å². The molecule has 2 fully saturated rings. The second-order valence-corrected chi connectivity index (χ2v) is 7.39. The fraction of sp³-hybridized carbons (Fsp3) is 0.684. The van der Waals surface area contributed by atoms with Crippen LogP contribution in [-0.4, -0.2) is 55.7 Å². The normalized spacial score (nSPS) is 28.0. The molecule has 122 valence electrons. The van der Waals surface area contributed by atoms with Crippen LogP contribution in [0.3, 0.4) is 0 Å². The number of benzene rings is 1. The second kappa shape index (κ2) is 6.69. The summed E-state index contributed by atoms with van der Waals surface area (Å²) < 4.78 is 6.23. The molecule has 1 aliphatic heterocycles. The molecule has 2 aliphatic rings. The largest absolute Gasteiger partial charge is 0.375 e. The zero-order valence-electron chi connectivity index (χ0n) is 14.5. The van der Waals surface area contributed by atoms with Gasteiger partial charge in [0.2, 0.25) is 0 Å². The maximum absolute atomic E-state index is 6.23. The van der Waals surface area contributed by atoms with E-state index in [0.717, 1.165) is 25.6 Å². The predicted molar refractivity (Wildman–Crippen MR) is 91.1 cm³/mol. The Kier molecular flexibility index (Phi) is 4.86. The summed E-state index contributed by atoms with van der Waals surface area (Å²) in [4.78, 5) is 4.85. The van der Waals surface area contributed by atoms with E-state index in [2.05, 4.69) is 55.9 Å². The SMILES string of the molecule is Cc1ccc(CN2CC3CCC2C3OCCN(C)C)cc1C. The first kappa shape index (κ1) is 16.0. The zero-order valence-corrected chi connectivity index (χ0v) is 14.5. The average Bonchev–Trinajstić information content (AvgIpc) is 2.99. The number of fused-ring (bicyclic) bond motifs is 2. The first-order valence-corrected chi connectivity index (χ1v) is 8.61. The number of ether oxygens (including phenoxy) is 1. The summed E-state index contributed by atoms with van der Waals surface area (Å²) >= 11 is 0. The average molecular weight is 302 g/mol. The first-order valence-electron chi connectivity index (χ1n) is 8.61. The van der Waals surface area contributed by atoms with E-state index in [1.54, 1.807) is 0 Å². The van der Waals surface area contributed by atoms with Crippen molar-refractivity contribution in [2.45, 2.75) is 45.4 Å². The Balaban J connectivity index is 1.58. The molecule has 3 unspecified atom stereocenters. The Morgan fingerprint density at radius 2 is 2.00 bits per heavy atom. The minimum Gasteiger partial charge on any atom is -0.375 e. The maximum atomic E-state index is 6.23. The van der Waals surface area contributed by atoms with Crippen molar-refractivity contribution >= 4 is 0 Å². The van der Waals surface area contributed by atoms with E-state index in [0.29, 0.717) is 12.1 Å². The van der Waals surface area contributed by atoms with Gasteiger partial charge in [-0.3, -0.25) is 4.90 Å². The van der Waals surface area contributed by atoms with Gasteiger partial charge in [-0.2, -0.15) is 0 Å². The van der Waals surface area contributed by atoms with Gasteiger partial charge in [-0.15, -0.1) is 0 Å². The van der Waals surface area contributed by atoms with Crippen LogP contribution in [0.5, 0.6) is 0 Å². The third kappa shape index (κ3) is 3.37. The maximum Gasteiger partial charge on any atom is 0.0771 e. The van der Waals surface area contributed by atoms with Gasteiger partial charge in [0.1, 0.15) is 0 Å². The summed E-state index contributed by atoms with van der Waals surface area (Å²) in [6.45, 7) is 8.57. The van der Waals surface area contributed by atoms with Crippen LogP contribution in [0, 0.1) is 19.8 Å². The van der Waals surface area contributed by atoms with Gasteiger partial charge in [0.25, 0.3) is 0 Å². The van der Waals surface area contributed by atoms with E-state index in [-0.39, 0.29) is 0 Å². The molecule has 0 N–H and O–H groups in total. The van der Waals surface area contributed by atoms with Crippen LogP contribution < -0.4 is 0 Å². The lowest BCUT2D eigenvalue weighted by Crippen LogP contribution is -2.35. The van der Waals surface area contributed by atoms with E-state index in [1.165, 1.54) is 36.1 Å². The molecule has 1 aliphatic carbocycles. The lowest BCUT2D eigenvalue weighted by atomic mass is 10.0. The highest BCUT2D eigenvalue weighted by atomic mass is 16.5. The van der Waals surface area contributed by atoms with E-state index >= 15 is 0 Å². The van der Waals surface area contributed by atoms with E-state index in [1.807, 2.05) is 0 Å². The minimum absolute atomic E-state index is 0.464. The van der Waals surface area contributed by atoms with Crippen LogP contribution in [0.4, 0.5) is 0 Å². The van der Waals surface area contributed by atoms with Crippen molar-refractivity contribution in [3.8, 4) is 0 Å². The fourth-order valence-corrected chi connectivity index (χ4v) is 3.99. The van der Waals surface area contributed by atoms with Gasteiger partial charge >= 0.3 is 0 Å². The molecule has 3 rings (SSSR count). The van der Waals surface area contributed by atoms with Crippen LogP contribution in [0.15, 0.2) is 18.2 Å². The predicted octanol–water partition coefficient (Wildman–Crippen LogP) is 2.84. The zero-order chi connectivity index (χ0) is 15.7. The number of aryl methyl sites for hydroxylation is 2. The molecular formula is C19H30N2O. The van der Waals surface area contributed by atoms with Gasteiger partial charge in [0.15, 0.2) is 0 Å². The molecule has 0 amide bonds. The van der Waals surface area contributed by atoms with E-state index in [9.17, 15) is 0 Å². The third-order valence-corrected chi connectivity index (χ3v) is 5.42. The number of hydrogen-bond donors (Lipinski definition) is 0. The molecule has 0 spiro atoms. The van der Waals surface area contributed by atoms with E-state index < -0.39 is 0 Å². The summed E-state index contributed by atoms with van der Waals surface area (Å²) in [6.07, 6.45) is 3.12. The highest BCUT2D eigenvalue weighted by Gasteiger charge is 2.47. The first-order chi connectivity index (χ1) is 10.5. The topological polar surface area (TPSA) is 15.7 Å². The molecule has 1 saturated heterocycles. The molecule has 0 radical (unpaired) electrons. The van der Waals surface area contributed by atoms with E-state index in [4.69, 9.17) is 4.74 Å². The summed E-state index contributed by atoms with van der Waals surface area (Å²) in [5.74, 6) is 0.749. The molecule has 3 heteroatoms. The van der Waals surface area contributed by atoms with Crippen LogP contribution in [0.1, 0.15) is 29.5 Å². The molecule has 3 nitrogen and oxygen atoms in total. The Labute approximate surface area is 135 Å². The van der Waals surface area contributed by atoms with Crippen LogP contribution in [-0.2, 0) is 11.3 Å². The van der Waals surface area contributed by atoms with Gasteiger partial charge in [0, 0.05) is 25.7 Å². The molecule has 1 saturated carbocycles. The van der Waals surface area contributed by atoms with Crippen LogP contribution in [0.2, 0.25) is 0 Å². The lowest BCUT2D eigenvalue weighted by Gasteiger charge is -2.27. The molecule has 22 heavy (non-hydrogen) atoms. The van der Waals surface area contributed by atoms with Crippen molar-refractivity contribution in [1.29, 1.82) is 0 Å². The molecular weight excluding hydrogens is 272 g/mol. The van der Waals surface area contributed by atoms with Gasteiger partial charge < -0.3 is 9.64 Å². The van der Waals surface area contributed by atoms with Crippen molar-refractivity contribution in [3.63, 3.8) is 0 Å². The van der Waals surface area contributed by atoms with Gasteiger partial charge in [-0.25, -0.2) is 0 Å². The summed E-state index contributed by atoms with van der Waals surface area (Å²) in [5.41, 5.74) is 4.24. The minimum atomic E-state index is 0.464. The Morgan fingerprint density at radius 3 is 2.73 bits per heavy atom. The number of likely N-dealkylation sites (N-methyl/N-ethyl adjacent to an activating group) is 1. The fourth-order valence-electron chi connectivity index (χ4n) is 3.99. The number of likely N-dealkylation sites (tertiary alicyclic amines) is 1. The molecule has 3 atom stereocenters. The highest BCUT2D eigenvalue weighted by Crippen LogP contribution is 2.40. The van der Waals surface area contributed by atoms with Crippen molar-refractivity contribution in [3.05, 3.63) is 34.9 Å². The lowest BCUT2D eigenvalue weighted by molar-refractivity contribution is 0.0199. The number of piperidine rings is 1. The van der Waals surface area contributed by atoms with Crippen molar-refractivity contribution in [2.24, 2.45) is 5.92 Å². The standard InChI is InChI=1S/C19H30N2O/c1-14-5-6-16(11-15(14)2)12-21-13-17-7-8-18(21)19(17)22-10-9-20(3)4/h5-6,11,17-19H,7-10,12-13H2,1-4H3. The smallest absolute Gasteiger partial charge is 0.0771 e. The highest BCUT2D eigenvalue weighted by molar-refractivity contribution is 5.30. The summed E-state index contributed by atoms with van der Waals surface area (Å²) in [7, 11) is 4.22. The molecule has 0 aromatic heterocycles. The van der Waals surface area contributed by atoms with Crippen molar-refractivity contribution in [2.75, 3.05) is 33.8 Å². The molecule has 2 bridgehead atoms. The monoisotopic (exact) mass is 302 g/mol. The third-order valence-electron chi connectivity index (χ3n) is 5.42.